The Labute approximate surface area is 139 Å². The molecule has 0 aromatic carbocycles. The van der Waals surface area contributed by atoms with E-state index >= 15 is 0 Å². The Bertz CT molecular complexity index is 28.5. The van der Waals surface area contributed by atoms with Gasteiger partial charge in [-0.2, -0.15) is 0 Å². The largest absolute Gasteiger partial charge is 0.400 e. The van der Waals surface area contributed by atoms with Crippen LogP contribution in [-0.4, -0.2) is 115 Å². The quantitative estimate of drug-likeness (QED) is 0.215. The van der Waals surface area contributed by atoms with Crippen LogP contribution in [0.25, 0.3) is 0 Å². The summed E-state index contributed by atoms with van der Waals surface area (Å²) in [6, 6.07) is 0. The zero-order valence-electron chi connectivity index (χ0n) is 14.5. The molecule has 0 aliphatic rings. The number of halogens is 2. The molecule has 0 rings (SSSR count). The standard InChI is InChI=1S/CH2Cl2.9CH4O/c2-1-3;9*1-2/h1H2;9*2H,1H3. The van der Waals surface area contributed by atoms with Crippen LogP contribution in [-0.2, 0) is 0 Å². The number of aliphatic hydroxyl groups excluding tert-OH is 9. The number of alkyl halides is 2. The number of aliphatic hydroxyl groups is 9. The molecule has 146 valence electrons. The van der Waals surface area contributed by atoms with Gasteiger partial charge in [0, 0.05) is 64.0 Å². The number of hydrogen-bond donors (Lipinski definition) is 9. The zero-order valence-corrected chi connectivity index (χ0v) is 16.0. The fourth-order valence-electron chi connectivity index (χ4n) is 0. The number of hydrogen-bond acceptors (Lipinski definition) is 9. The Balaban J connectivity index is -0.00000000804. The maximum Gasteiger partial charge on any atom is 0.0967 e. The van der Waals surface area contributed by atoms with Crippen molar-refractivity contribution in [2.24, 2.45) is 0 Å². The molecule has 0 aliphatic carbocycles. The van der Waals surface area contributed by atoms with Gasteiger partial charge in [0.1, 0.15) is 0 Å². The summed E-state index contributed by atoms with van der Waals surface area (Å²) in [5.41, 5.74) is 0. The molecule has 0 aliphatic heterocycles. The lowest BCUT2D eigenvalue weighted by atomic mass is 11.8. The highest BCUT2D eigenvalue weighted by atomic mass is 35.5. The first-order chi connectivity index (χ1) is 10.4. The monoisotopic (exact) mass is 372 g/mol. The van der Waals surface area contributed by atoms with Gasteiger partial charge < -0.3 is 46.0 Å². The average Bonchev–Trinajstić information content (AvgIpc) is 2.70. The van der Waals surface area contributed by atoms with Crippen molar-refractivity contribution in [1.29, 1.82) is 0 Å². The van der Waals surface area contributed by atoms with E-state index in [1.165, 1.54) is 0 Å². The molecule has 0 bridgehead atoms. The van der Waals surface area contributed by atoms with Gasteiger partial charge in [0.05, 0.1) is 5.34 Å². The summed E-state index contributed by atoms with van der Waals surface area (Å²) in [6.45, 7) is 0. The van der Waals surface area contributed by atoms with Crippen molar-refractivity contribution in [3.8, 4) is 0 Å². The van der Waals surface area contributed by atoms with Gasteiger partial charge >= 0.3 is 0 Å². The van der Waals surface area contributed by atoms with Gasteiger partial charge in [0.2, 0.25) is 0 Å². The van der Waals surface area contributed by atoms with Crippen LogP contribution < -0.4 is 0 Å². The van der Waals surface area contributed by atoms with Crippen molar-refractivity contribution in [1.82, 2.24) is 0 Å². The fraction of sp³-hybridized carbons (Fsp3) is 1.00. The minimum Gasteiger partial charge on any atom is -0.400 e. The zero-order chi connectivity index (χ0) is 20.7. The molecular formula is C10H38Cl2O9. The third-order valence-electron chi connectivity index (χ3n) is 0. The van der Waals surface area contributed by atoms with Crippen molar-refractivity contribution < 1.29 is 46.0 Å². The topological polar surface area (TPSA) is 182 Å². The maximum absolute atomic E-state index is 7.00. The van der Waals surface area contributed by atoms with E-state index in [4.69, 9.17) is 69.2 Å². The molecular weight excluding hydrogens is 335 g/mol. The van der Waals surface area contributed by atoms with Crippen LogP contribution >= 0.6 is 23.2 Å². The highest BCUT2D eigenvalue weighted by Crippen LogP contribution is 1.73. The Morgan fingerprint density at radius 1 is 0.333 bits per heavy atom. The van der Waals surface area contributed by atoms with Gasteiger partial charge in [-0.1, -0.05) is 0 Å². The second-order valence-electron chi connectivity index (χ2n) is 0.101. The lowest BCUT2D eigenvalue weighted by Gasteiger charge is -1.42. The van der Waals surface area contributed by atoms with E-state index < -0.39 is 0 Å². The third kappa shape index (κ3) is 139000. The highest BCUT2D eigenvalue weighted by Gasteiger charge is 1.41. The molecule has 21 heavy (non-hydrogen) atoms. The average molecular weight is 373 g/mol. The minimum atomic E-state index is 0.194. The van der Waals surface area contributed by atoms with Crippen LogP contribution in [0, 0.1) is 0 Å². The summed E-state index contributed by atoms with van der Waals surface area (Å²) in [7, 11) is 9.00. The molecule has 0 fully saturated rings. The second kappa shape index (κ2) is 5020. The second-order valence-corrected chi connectivity index (χ2v) is 0.909. The van der Waals surface area contributed by atoms with E-state index in [1.807, 2.05) is 0 Å². The van der Waals surface area contributed by atoms with Gasteiger partial charge in [-0.25, -0.2) is 0 Å². The Morgan fingerprint density at radius 2 is 0.333 bits per heavy atom. The van der Waals surface area contributed by atoms with E-state index in [9.17, 15) is 0 Å². The van der Waals surface area contributed by atoms with Crippen molar-refractivity contribution >= 4 is 23.2 Å². The molecule has 0 aromatic heterocycles. The third-order valence-corrected chi connectivity index (χ3v) is 0. The van der Waals surface area contributed by atoms with E-state index in [-0.39, 0.29) is 5.34 Å². The van der Waals surface area contributed by atoms with Crippen LogP contribution in [0.2, 0.25) is 0 Å². The van der Waals surface area contributed by atoms with Gasteiger partial charge in [0.15, 0.2) is 0 Å². The molecule has 0 atom stereocenters. The van der Waals surface area contributed by atoms with Crippen LogP contribution in [0.5, 0.6) is 0 Å². The summed E-state index contributed by atoms with van der Waals surface area (Å²) < 4.78 is 0. The lowest BCUT2D eigenvalue weighted by Crippen LogP contribution is -1.25. The van der Waals surface area contributed by atoms with E-state index in [0.29, 0.717) is 0 Å². The van der Waals surface area contributed by atoms with Crippen molar-refractivity contribution in [2.45, 2.75) is 0 Å². The molecule has 0 radical (unpaired) electrons. The Morgan fingerprint density at radius 3 is 0.333 bits per heavy atom. The maximum atomic E-state index is 7.00. The summed E-state index contributed by atoms with van der Waals surface area (Å²) in [4.78, 5) is 0. The summed E-state index contributed by atoms with van der Waals surface area (Å²) in [6.07, 6.45) is 0. The summed E-state index contributed by atoms with van der Waals surface area (Å²) in [5.74, 6) is 0. The normalized spacial score (nSPS) is 3.43. The Hall–Kier alpha value is 0.220. The Kier molecular flexibility index (Phi) is 16500. The van der Waals surface area contributed by atoms with Gasteiger partial charge in [0.25, 0.3) is 0 Å². The predicted molar refractivity (Wildman–Crippen MR) is 89.9 cm³/mol. The van der Waals surface area contributed by atoms with Crippen molar-refractivity contribution in [2.75, 3.05) is 69.3 Å². The first-order valence-electron chi connectivity index (χ1n) is 4.56. The summed E-state index contributed by atoms with van der Waals surface area (Å²) >= 11 is 9.53. The SMILES string of the molecule is CO.CO.CO.CO.CO.CO.CO.CO.CO.ClCCl. The van der Waals surface area contributed by atoms with Crippen molar-refractivity contribution in [3.05, 3.63) is 0 Å². The van der Waals surface area contributed by atoms with Crippen LogP contribution in [0.3, 0.4) is 0 Å². The van der Waals surface area contributed by atoms with Gasteiger partial charge in [-0.15, -0.1) is 23.2 Å². The lowest BCUT2D eigenvalue weighted by molar-refractivity contribution is 0.399. The van der Waals surface area contributed by atoms with Crippen molar-refractivity contribution in [3.63, 3.8) is 0 Å². The summed E-state index contributed by atoms with van der Waals surface area (Å²) in [5, 5.41) is 63.2. The molecule has 9 N–H and O–H groups in total. The fourth-order valence-corrected chi connectivity index (χ4v) is 0. The van der Waals surface area contributed by atoms with Crippen LogP contribution in [0.1, 0.15) is 0 Å². The smallest absolute Gasteiger partial charge is 0.0967 e. The molecule has 0 unspecified atom stereocenters. The molecule has 11 heteroatoms. The van der Waals surface area contributed by atoms with Gasteiger partial charge in [-0.05, 0) is 0 Å². The van der Waals surface area contributed by atoms with Crippen LogP contribution in [0.4, 0.5) is 0 Å². The molecule has 0 saturated heterocycles. The molecule has 9 nitrogen and oxygen atoms in total. The molecule has 0 aromatic rings. The minimum absolute atomic E-state index is 0.194. The van der Waals surface area contributed by atoms with Gasteiger partial charge in [-0.3, -0.25) is 0 Å². The predicted octanol–water partition coefficient (Wildman–Crippen LogP) is -2.10. The van der Waals surface area contributed by atoms with E-state index in [2.05, 4.69) is 0 Å². The van der Waals surface area contributed by atoms with E-state index in [1.54, 1.807) is 0 Å². The molecule has 0 amide bonds. The first-order valence-corrected chi connectivity index (χ1v) is 5.63. The first kappa shape index (κ1) is 68.9. The molecule has 0 heterocycles. The molecule has 0 spiro atoms. The van der Waals surface area contributed by atoms with E-state index in [0.717, 1.165) is 64.0 Å². The van der Waals surface area contributed by atoms with Crippen LogP contribution in [0.15, 0.2) is 0 Å². The highest BCUT2D eigenvalue weighted by molar-refractivity contribution is 6.40. The number of rotatable bonds is 0. The molecule has 0 saturated carbocycles.